The Morgan fingerprint density at radius 1 is 1.44 bits per heavy atom. The molecule has 86 valence electrons. The summed E-state index contributed by atoms with van der Waals surface area (Å²) in [6.45, 7) is 2.09. The standard InChI is InChI=1S/C12H14BrNO2/c1-16-12(15)9-2-4-11(5-3-9)14-7-6-10(13)8-14/h2-5,10H,6-8H2,1H3. The minimum absolute atomic E-state index is 0.286. The van der Waals surface area contributed by atoms with E-state index in [1.165, 1.54) is 13.5 Å². The van der Waals surface area contributed by atoms with E-state index >= 15 is 0 Å². The van der Waals surface area contributed by atoms with Gasteiger partial charge >= 0.3 is 5.97 Å². The van der Waals surface area contributed by atoms with Crippen molar-refractivity contribution < 1.29 is 9.53 Å². The molecule has 1 saturated heterocycles. The maximum absolute atomic E-state index is 11.3. The number of carbonyl (C=O) groups excluding carboxylic acids is 1. The lowest BCUT2D eigenvalue weighted by Crippen LogP contribution is -2.19. The van der Waals surface area contributed by atoms with Crippen LogP contribution in [0.4, 0.5) is 5.69 Å². The predicted octanol–water partition coefficient (Wildman–Crippen LogP) is 2.45. The third-order valence-corrected chi connectivity index (χ3v) is 3.53. The van der Waals surface area contributed by atoms with Crippen molar-refractivity contribution in [1.29, 1.82) is 0 Å². The van der Waals surface area contributed by atoms with Crippen molar-refractivity contribution in [3.05, 3.63) is 29.8 Å². The lowest BCUT2D eigenvalue weighted by molar-refractivity contribution is 0.0601. The van der Waals surface area contributed by atoms with Gasteiger partial charge in [-0.15, -0.1) is 0 Å². The van der Waals surface area contributed by atoms with E-state index in [-0.39, 0.29) is 5.97 Å². The number of anilines is 1. The molecule has 1 unspecified atom stereocenters. The van der Waals surface area contributed by atoms with E-state index < -0.39 is 0 Å². The molecule has 16 heavy (non-hydrogen) atoms. The van der Waals surface area contributed by atoms with Gasteiger partial charge in [0.2, 0.25) is 0 Å². The number of halogens is 1. The number of methoxy groups -OCH3 is 1. The van der Waals surface area contributed by atoms with Gasteiger partial charge in [0.1, 0.15) is 0 Å². The fraction of sp³-hybridized carbons (Fsp3) is 0.417. The average Bonchev–Trinajstić information content (AvgIpc) is 2.75. The molecule has 3 nitrogen and oxygen atoms in total. The number of carbonyl (C=O) groups is 1. The Morgan fingerprint density at radius 3 is 2.62 bits per heavy atom. The van der Waals surface area contributed by atoms with Crippen LogP contribution >= 0.6 is 15.9 Å². The molecular weight excluding hydrogens is 270 g/mol. The Bertz CT molecular complexity index is 377. The number of hydrogen-bond donors (Lipinski definition) is 0. The number of alkyl halides is 1. The minimum atomic E-state index is -0.286. The third kappa shape index (κ3) is 2.38. The predicted molar refractivity (Wildman–Crippen MR) is 67.3 cm³/mol. The van der Waals surface area contributed by atoms with Gasteiger partial charge in [0.15, 0.2) is 0 Å². The highest BCUT2D eigenvalue weighted by atomic mass is 79.9. The molecule has 0 spiro atoms. The molecule has 4 heteroatoms. The van der Waals surface area contributed by atoms with Crippen LogP contribution in [0.15, 0.2) is 24.3 Å². The first-order chi connectivity index (χ1) is 7.70. The third-order valence-electron chi connectivity index (χ3n) is 2.78. The van der Waals surface area contributed by atoms with Crippen LogP contribution in [0.5, 0.6) is 0 Å². The molecule has 0 bridgehead atoms. The number of nitrogens with zero attached hydrogens (tertiary/aromatic N) is 1. The topological polar surface area (TPSA) is 29.5 Å². The zero-order valence-electron chi connectivity index (χ0n) is 9.15. The number of ether oxygens (including phenoxy) is 1. The van der Waals surface area contributed by atoms with Gasteiger partial charge in [-0.25, -0.2) is 4.79 Å². The summed E-state index contributed by atoms with van der Waals surface area (Å²) in [7, 11) is 1.39. The van der Waals surface area contributed by atoms with Gasteiger partial charge in [0, 0.05) is 23.6 Å². The van der Waals surface area contributed by atoms with Crippen molar-refractivity contribution in [2.45, 2.75) is 11.2 Å². The van der Waals surface area contributed by atoms with Crippen molar-refractivity contribution in [2.75, 3.05) is 25.1 Å². The van der Waals surface area contributed by atoms with Crippen LogP contribution in [0.3, 0.4) is 0 Å². The average molecular weight is 284 g/mol. The second-order valence-electron chi connectivity index (χ2n) is 3.87. The maximum Gasteiger partial charge on any atom is 0.337 e. The van der Waals surface area contributed by atoms with E-state index in [0.29, 0.717) is 10.4 Å². The van der Waals surface area contributed by atoms with Crippen LogP contribution in [0, 0.1) is 0 Å². The Kier molecular flexibility index (Phi) is 3.49. The lowest BCUT2D eigenvalue weighted by Gasteiger charge is -2.17. The molecule has 1 atom stereocenters. The number of benzene rings is 1. The zero-order chi connectivity index (χ0) is 11.5. The van der Waals surface area contributed by atoms with Crippen LogP contribution in [0.25, 0.3) is 0 Å². The lowest BCUT2D eigenvalue weighted by atomic mass is 10.2. The molecule has 2 rings (SSSR count). The smallest absolute Gasteiger partial charge is 0.337 e. The zero-order valence-corrected chi connectivity index (χ0v) is 10.7. The molecule has 0 amide bonds. The van der Waals surface area contributed by atoms with E-state index in [0.717, 1.165) is 18.8 Å². The maximum atomic E-state index is 11.3. The molecule has 1 fully saturated rings. The van der Waals surface area contributed by atoms with Crippen LogP contribution in [-0.4, -0.2) is 31.0 Å². The first-order valence-corrected chi connectivity index (χ1v) is 6.19. The monoisotopic (exact) mass is 283 g/mol. The number of rotatable bonds is 2. The number of hydrogen-bond acceptors (Lipinski definition) is 3. The van der Waals surface area contributed by atoms with Gasteiger partial charge in [-0.05, 0) is 30.7 Å². The molecule has 0 radical (unpaired) electrons. The first-order valence-electron chi connectivity index (χ1n) is 5.28. The Morgan fingerprint density at radius 2 is 2.12 bits per heavy atom. The fourth-order valence-electron chi connectivity index (χ4n) is 1.88. The van der Waals surface area contributed by atoms with Crippen LogP contribution in [-0.2, 0) is 4.74 Å². The van der Waals surface area contributed by atoms with Crippen molar-refractivity contribution in [3.8, 4) is 0 Å². The normalized spacial score (nSPS) is 19.9. The molecule has 1 heterocycles. The largest absolute Gasteiger partial charge is 0.465 e. The highest BCUT2D eigenvalue weighted by Gasteiger charge is 2.20. The van der Waals surface area contributed by atoms with E-state index in [9.17, 15) is 4.79 Å². The summed E-state index contributed by atoms with van der Waals surface area (Å²) < 4.78 is 4.66. The van der Waals surface area contributed by atoms with E-state index in [1.54, 1.807) is 0 Å². The van der Waals surface area contributed by atoms with E-state index in [1.807, 2.05) is 24.3 Å². The molecule has 0 aliphatic carbocycles. The Balaban J connectivity index is 2.10. The molecule has 1 aromatic carbocycles. The molecule has 0 saturated carbocycles. The summed E-state index contributed by atoms with van der Waals surface area (Å²) in [5.74, 6) is -0.286. The van der Waals surface area contributed by atoms with Gasteiger partial charge in [-0.3, -0.25) is 0 Å². The Hall–Kier alpha value is -1.03. The molecule has 1 aromatic rings. The molecule has 1 aliphatic heterocycles. The Labute approximate surface area is 104 Å². The second-order valence-corrected chi connectivity index (χ2v) is 5.17. The summed E-state index contributed by atoms with van der Waals surface area (Å²) in [6, 6.07) is 7.56. The highest BCUT2D eigenvalue weighted by Crippen LogP contribution is 2.24. The van der Waals surface area contributed by atoms with Gasteiger partial charge in [0.25, 0.3) is 0 Å². The molecule has 0 aromatic heterocycles. The van der Waals surface area contributed by atoms with Crippen LogP contribution < -0.4 is 4.90 Å². The molecule has 1 aliphatic rings. The summed E-state index contributed by atoms with van der Waals surface area (Å²) >= 11 is 3.61. The number of esters is 1. The van der Waals surface area contributed by atoms with Crippen LogP contribution in [0.2, 0.25) is 0 Å². The molecule has 0 N–H and O–H groups in total. The van der Waals surface area contributed by atoms with Crippen molar-refractivity contribution >= 4 is 27.6 Å². The SMILES string of the molecule is COC(=O)c1ccc(N2CCC(Br)C2)cc1. The van der Waals surface area contributed by atoms with Crippen molar-refractivity contribution in [3.63, 3.8) is 0 Å². The van der Waals surface area contributed by atoms with Gasteiger partial charge < -0.3 is 9.64 Å². The summed E-state index contributed by atoms with van der Waals surface area (Å²) in [5, 5.41) is 0. The van der Waals surface area contributed by atoms with Gasteiger partial charge in [-0.1, -0.05) is 15.9 Å². The quantitative estimate of drug-likeness (QED) is 0.617. The van der Waals surface area contributed by atoms with Crippen molar-refractivity contribution in [2.24, 2.45) is 0 Å². The first kappa shape index (κ1) is 11.5. The van der Waals surface area contributed by atoms with Gasteiger partial charge in [-0.2, -0.15) is 0 Å². The summed E-state index contributed by atoms with van der Waals surface area (Å²) in [5.41, 5.74) is 1.76. The minimum Gasteiger partial charge on any atom is -0.465 e. The van der Waals surface area contributed by atoms with E-state index in [2.05, 4.69) is 25.6 Å². The van der Waals surface area contributed by atoms with Gasteiger partial charge in [0.05, 0.1) is 12.7 Å². The molecular formula is C12H14BrNO2. The fourth-order valence-corrected chi connectivity index (χ4v) is 2.43. The van der Waals surface area contributed by atoms with E-state index in [4.69, 9.17) is 0 Å². The highest BCUT2D eigenvalue weighted by molar-refractivity contribution is 9.09. The second kappa shape index (κ2) is 4.87. The van der Waals surface area contributed by atoms with Crippen molar-refractivity contribution in [1.82, 2.24) is 0 Å². The summed E-state index contributed by atoms with van der Waals surface area (Å²) in [4.78, 5) is 14.1. The summed E-state index contributed by atoms with van der Waals surface area (Å²) in [6.07, 6.45) is 1.17. The van der Waals surface area contributed by atoms with Crippen LogP contribution in [0.1, 0.15) is 16.8 Å².